The predicted octanol–water partition coefficient (Wildman–Crippen LogP) is 6.07. The minimum Gasteiger partial charge on any atom is -0.492 e. The van der Waals surface area contributed by atoms with Crippen molar-refractivity contribution in [2.75, 3.05) is 18.1 Å². The summed E-state index contributed by atoms with van der Waals surface area (Å²) < 4.78 is 6.64. The maximum Gasteiger partial charge on any atom is 0.258 e. The van der Waals surface area contributed by atoms with Crippen LogP contribution in [0.5, 0.6) is 5.75 Å². The highest BCUT2D eigenvalue weighted by Gasteiger charge is 2.17. The topological polar surface area (TPSA) is 29.5 Å². The predicted molar refractivity (Wildman–Crippen MR) is 108 cm³/mol. The number of rotatable bonds is 9. The number of para-hydroxylation sites is 1. The van der Waals surface area contributed by atoms with Gasteiger partial charge in [-0.25, -0.2) is 0 Å². The number of carbonyl (C=O) groups is 1. The van der Waals surface area contributed by atoms with Crippen molar-refractivity contribution in [2.24, 2.45) is 0 Å². The molecule has 0 N–H and O–H groups in total. The summed E-state index contributed by atoms with van der Waals surface area (Å²) in [7, 11) is 0. The van der Waals surface area contributed by atoms with E-state index in [0.29, 0.717) is 18.7 Å². The third kappa shape index (κ3) is 5.60. The molecule has 0 aromatic heterocycles. The summed E-state index contributed by atoms with van der Waals surface area (Å²) in [5.41, 5.74) is 1.55. The summed E-state index contributed by atoms with van der Waals surface area (Å²) >= 11 is 3.53. The van der Waals surface area contributed by atoms with Gasteiger partial charge in [0.25, 0.3) is 5.91 Å². The second kappa shape index (κ2) is 10.2. The fraction of sp³-hybridized carbons (Fsp3) is 0.381. The minimum absolute atomic E-state index is 0.0103. The summed E-state index contributed by atoms with van der Waals surface area (Å²) in [4.78, 5) is 14.6. The molecule has 25 heavy (non-hydrogen) atoms. The number of anilines is 1. The fourth-order valence-corrected chi connectivity index (χ4v) is 3.16. The smallest absolute Gasteiger partial charge is 0.258 e. The molecule has 134 valence electrons. The van der Waals surface area contributed by atoms with Crippen molar-refractivity contribution in [3.05, 3.63) is 58.6 Å². The Hall–Kier alpha value is -1.81. The molecule has 3 nitrogen and oxygen atoms in total. The molecular formula is C21H26BrNO2. The molecule has 2 aromatic rings. The van der Waals surface area contributed by atoms with E-state index in [1.54, 1.807) is 4.90 Å². The zero-order valence-corrected chi connectivity index (χ0v) is 16.6. The molecule has 0 saturated heterocycles. The van der Waals surface area contributed by atoms with Crippen LogP contribution in [0.1, 0.15) is 49.9 Å². The van der Waals surface area contributed by atoms with Gasteiger partial charge in [-0.15, -0.1) is 0 Å². The molecule has 1 amide bonds. The number of halogens is 1. The van der Waals surface area contributed by atoms with E-state index in [9.17, 15) is 4.79 Å². The average Bonchev–Trinajstić information content (AvgIpc) is 2.64. The largest absolute Gasteiger partial charge is 0.492 e. The van der Waals surface area contributed by atoms with Gasteiger partial charge in [0.15, 0.2) is 0 Å². The van der Waals surface area contributed by atoms with E-state index in [4.69, 9.17) is 4.74 Å². The molecule has 4 heteroatoms. The van der Waals surface area contributed by atoms with E-state index >= 15 is 0 Å². The van der Waals surface area contributed by atoms with Crippen LogP contribution < -0.4 is 9.64 Å². The number of benzene rings is 2. The van der Waals surface area contributed by atoms with Gasteiger partial charge in [0.05, 0.1) is 11.1 Å². The normalized spacial score (nSPS) is 10.5. The molecule has 0 aliphatic carbocycles. The minimum atomic E-state index is -0.0103. The number of hydrogen-bond donors (Lipinski definition) is 0. The van der Waals surface area contributed by atoms with E-state index in [-0.39, 0.29) is 5.91 Å². The van der Waals surface area contributed by atoms with Crippen LogP contribution in [0.2, 0.25) is 0 Å². The Bertz CT molecular complexity index is 673. The maximum atomic E-state index is 12.8. The van der Waals surface area contributed by atoms with Gasteiger partial charge in [-0.05, 0) is 59.6 Å². The highest BCUT2D eigenvalue weighted by atomic mass is 79.9. The molecule has 0 atom stereocenters. The van der Waals surface area contributed by atoms with Crippen molar-refractivity contribution < 1.29 is 9.53 Å². The third-order valence-corrected chi connectivity index (χ3v) is 4.68. The Morgan fingerprint density at radius 1 is 1.04 bits per heavy atom. The summed E-state index contributed by atoms with van der Waals surface area (Å²) in [5.74, 6) is 0.778. The zero-order valence-electron chi connectivity index (χ0n) is 15.0. The number of amides is 1. The molecule has 0 aliphatic rings. The van der Waals surface area contributed by atoms with Gasteiger partial charge in [-0.2, -0.15) is 0 Å². The van der Waals surface area contributed by atoms with Crippen LogP contribution >= 0.6 is 15.9 Å². The van der Waals surface area contributed by atoms with Gasteiger partial charge in [0.1, 0.15) is 5.75 Å². The van der Waals surface area contributed by atoms with Crippen LogP contribution in [0, 0.1) is 0 Å². The Kier molecular flexibility index (Phi) is 7.99. The van der Waals surface area contributed by atoms with Crippen LogP contribution in [-0.4, -0.2) is 19.1 Å². The van der Waals surface area contributed by atoms with E-state index in [1.165, 1.54) is 19.3 Å². The molecule has 0 heterocycles. The third-order valence-electron chi connectivity index (χ3n) is 4.06. The van der Waals surface area contributed by atoms with Crippen LogP contribution in [0.15, 0.2) is 53.0 Å². The first-order valence-corrected chi connectivity index (χ1v) is 9.76. The standard InChI is InChI=1S/C21H26BrNO2/c1-3-5-6-10-15-25-20-14-13-17(16-19(20)22)21(24)23(4-2)18-11-8-7-9-12-18/h7-9,11-14,16H,3-6,10,15H2,1-2H3. The Morgan fingerprint density at radius 2 is 1.80 bits per heavy atom. The van der Waals surface area contributed by atoms with Gasteiger partial charge >= 0.3 is 0 Å². The Morgan fingerprint density at radius 3 is 2.44 bits per heavy atom. The summed E-state index contributed by atoms with van der Waals surface area (Å²) in [6.07, 6.45) is 4.70. The van der Waals surface area contributed by atoms with Gasteiger partial charge in [-0.1, -0.05) is 44.4 Å². The van der Waals surface area contributed by atoms with Gasteiger partial charge in [0.2, 0.25) is 0 Å². The lowest BCUT2D eigenvalue weighted by Gasteiger charge is -2.21. The van der Waals surface area contributed by atoms with Crippen LogP contribution in [0.25, 0.3) is 0 Å². The molecule has 0 bridgehead atoms. The van der Waals surface area contributed by atoms with Crippen molar-refractivity contribution >= 4 is 27.5 Å². The van der Waals surface area contributed by atoms with E-state index in [1.807, 2.05) is 55.5 Å². The van der Waals surface area contributed by atoms with E-state index in [0.717, 1.165) is 22.3 Å². The number of carbonyl (C=O) groups excluding carboxylic acids is 1. The van der Waals surface area contributed by atoms with Crippen LogP contribution in [-0.2, 0) is 0 Å². The number of ether oxygens (including phenoxy) is 1. The quantitative estimate of drug-likeness (QED) is 0.475. The summed E-state index contributed by atoms with van der Waals surface area (Å²) in [5, 5.41) is 0. The maximum absolute atomic E-state index is 12.8. The highest BCUT2D eigenvalue weighted by molar-refractivity contribution is 9.10. The van der Waals surface area contributed by atoms with E-state index in [2.05, 4.69) is 22.9 Å². The summed E-state index contributed by atoms with van der Waals surface area (Å²) in [6, 6.07) is 15.3. The first kappa shape index (κ1) is 19.5. The van der Waals surface area contributed by atoms with E-state index < -0.39 is 0 Å². The van der Waals surface area contributed by atoms with Gasteiger partial charge in [-0.3, -0.25) is 4.79 Å². The Balaban J connectivity index is 2.04. The first-order chi connectivity index (χ1) is 12.2. The van der Waals surface area contributed by atoms with Crippen LogP contribution in [0.3, 0.4) is 0 Å². The molecular weight excluding hydrogens is 378 g/mol. The summed E-state index contributed by atoms with van der Waals surface area (Å²) in [6.45, 7) is 5.50. The molecule has 0 fully saturated rings. The Labute approximate surface area is 159 Å². The monoisotopic (exact) mass is 403 g/mol. The average molecular weight is 404 g/mol. The highest BCUT2D eigenvalue weighted by Crippen LogP contribution is 2.27. The van der Waals surface area contributed by atoms with Gasteiger partial charge < -0.3 is 9.64 Å². The number of hydrogen-bond acceptors (Lipinski definition) is 2. The molecule has 2 rings (SSSR count). The van der Waals surface area contributed by atoms with Crippen molar-refractivity contribution in [3.8, 4) is 5.75 Å². The molecule has 0 radical (unpaired) electrons. The lowest BCUT2D eigenvalue weighted by atomic mass is 10.1. The molecule has 0 spiro atoms. The number of unbranched alkanes of at least 4 members (excludes halogenated alkanes) is 3. The first-order valence-electron chi connectivity index (χ1n) is 8.96. The lowest BCUT2D eigenvalue weighted by Crippen LogP contribution is -2.30. The lowest BCUT2D eigenvalue weighted by molar-refractivity contribution is 0.0988. The molecule has 0 unspecified atom stereocenters. The second-order valence-corrected chi connectivity index (χ2v) is 6.79. The molecule has 2 aromatic carbocycles. The SMILES string of the molecule is CCCCCCOc1ccc(C(=O)N(CC)c2ccccc2)cc1Br. The van der Waals surface area contributed by atoms with Crippen molar-refractivity contribution in [3.63, 3.8) is 0 Å². The van der Waals surface area contributed by atoms with Crippen molar-refractivity contribution in [1.29, 1.82) is 0 Å². The zero-order chi connectivity index (χ0) is 18.1. The second-order valence-electron chi connectivity index (χ2n) is 5.94. The molecule has 0 aliphatic heterocycles. The fourth-order valence-electron chi connectivity index (χ4n) is 2.67. The van der Waals surface area contributed by atoms with Gasteiger partial charge in [0, 0.05) is 17.8 Å². The molecule has 0 saturated carbocycles. The van der Waals surface area contributed by atoms with Crippen LogP contribution in [0.4, 0.5) is 5.69 Å². The van der Waals surface area contributed by atoms with Crippen molar-refractivity contribution in [2.45, 2.75) is 39.5 Å². The number of nitrogens with zero attached hydrogens (tertiary/aromatic N) is 1. The van der Waals surface area contributed by atoms with Crippen molar-refractivity contribution in [1.82, 2.24) is 0 Å².